The standard InChI is InChI=1S/C23H33N3O2S/c1-15(2)13-24-20(27)14-29-22-25-16(3)19(21(28)26(22)7)12-17-8-10-18(11-9-17)23(4,5)6/h8-11,15H,12-14H2,1-7H3,(H,24,27). The van der Waals surface area contributed by atoms with E-state index in [2.05, 4.69) is 69.2 Å². The van der Waals surface area contributed by atoms with E-state index in [9.17, 15) is 9.59 Å². The van der Waals surface area contributed by atoms with Crippen molar-refractivity contribution in [3.05, 3.63) is 57.0 Å². The molecular formula is C23H33N3O2S. The van der Waals surface area contributed by atoms with Crippen LogP contribution < -0.4 is 10.9 Å². The van der Waals surface area contributed by atoms with Gasteiger partial charge in [-0.2, -0.15) is 0 Å². The number of amides is 1. The molecule has 2 rings (SSSR count). The molecule has 6 heteroatoms. The molecule has 2 aromatic rings. The molecule has 1 N–H and O–H groups in total. The van der Waals surface area contributed by atoms with Crippen molar-refractivity contribution in [2.45, 2.75) is 58.5 Å². The molecule has 1 aromatic heterocycles. The Hall–Kier alpha value is -2.08. The van der Waals surface area contributed by atoms with Gasteiger partial charge in [-0.3, -0.25) is 14.2 Å². The van der Waals surface area contributed by atoms with Gasteiger partial charge in [0.25, 0.3) is 5.56 Å². The van der Waals surface area contributed by atoms with Crippen molar-refractivity contribution in [1.82, 2.24) is 14.9 Å². The lowest BCUT2D eigenvalue weighted by Gasteiger charge is -2.19. The monoisotopic (exact) mass is 415 g/mol. The van der Waals surface area contributed by atoms with Crippen LogP contribution in [0.5, 0.6) is 0 Å². The summed E-state index contributed by atoms with van der Waals surface area (Å²) in [5, 5.41) is 3.45. The Bertz CT molecular complexity index is 909. The minimum Gasteiger partial charge on any atom is -0.355 e. The molecule has 158 valence electrons. The van der Waals surface area contributed by atoms with Crippen LogP contribution in [0.2, 0.25) is 0 Å². The third-order valence-electron chi connectivity index (χ3n) is 4.79. The second kappa shape index (κ2) is 9.61. The number of rotatable bonds is 7. The molecule has 1 heterocycles. The molecule has 0 atom stereocenters. The van der Waals surface area contributed by atoms with E-state index >= 15 is 0 Å². The fourth-order valence-corrected chi connectivity index (χ4v) is 3.73. The van der Waals surface area contributed by atoms with Gasteiger partial charge in [-0.05, 0) is 29.4 Å². The highest BCUT2D eigenvalue weighted by Crippen LogP contribution is 2.23. The van der Waals surface area contributed by atoms with Crippen LogP contribution in [0.15, 0.2) is 34.2 Å². The van der Waals surface area contributed by atoms with Crippen LogP contribution in [-0.4, -0.2) is 27.8 Å². The van der Waals surface area contributed by atoms with Crippen molar-refractivity contribution >= 4 is 17.7 Å². The molecule has 29 heavy (non-hydrogen) atoms. The summed E-state index contributed by atoms with van der Waals surface area (Å²) in [6, 6.07) is 8.42. The minimum atomic E-state index is -0.0533. The third-order valence-corrected chi connectivity index (χ3v) is 5.82. The van der Waals surface area contributed by atoms with Crippen LogP contribution in [0.1, 0.15) is 57.0 Å². The number of nitrogens with one attached hydrogen (secondary N) is 1. The molecular weight excluding hydrogens is 382 g/mol. The first-order valence-electron chi connectivity index (χ1n) is 10.0. The number of nitrogens with zero attached hydrogens (tertiary/aromatic N) is 2. The molecule has 5 nitrogen and oxygen atoms in total. The van der Waals surface area contributed by atoms with E-state index in [0.29, 0.717) is 29.6 Å². The molecule has 0 aliphatic carbocycles. The van der Waals surface area contributed by atoms with E-state index in [1.807, 2.05) is 6.92 Å². The van der Waals surface area contributed by atoms with Gasteiger partial charge < -0.3 is 5.32 Å². The number of hydrogen-bond donors (Lipinski definition) is 1. The number of benzene rings is 1. The zero-order valence-electron chi connectivity index (χ0n) is 18.6. The average Bonchev–Trinajstić information content (AvgIpc) is 2.65. The molecule has 0 spiro atoms. The van der Waals surface area contributed by atoms with Gasteiger partial charge in [0.05, 0.1) is 5.75 Å². The molecule has 0 radical (unpaired) electrons. The highest BCUT2D eigenvalue weighted by molar-refractivity contribution is 7.99. The van der Waals surface area contributed by atoms with Gasteiger partial charge >= 0.3 is 0 Å². The Labute approximate surface area is 178 Å². The number of thioether (sulfide) groups is 1. The fraction of sp³-hybridized carbons (Fsp3) is 0.522. The first-order chi connectivity index (χ1) is 13.5. The average molecular weight is 416 g/mol. The molecule has 1 aromatic carbocycles. The lowest BCUT2D eigenvalue weighted by atomic mass is 9.86. The molecule has 1 amide bonds. The van der Waals surface area contributed by atoms with Gasteiger partial charge in [0.2, 0.25) is 5.91 Å². The molecule has 0 fully saturated rings. The van der Waals surface area contributed by atoms with Gasteiger partial charge in [-0.25, -0.2) is 4.98 Å². The van der Waals surface area contributed by atoms with Crippen molar-refractivity contribution in [3.8, 4) is 0 Å². The SMILES string of the molecule is Cc1nc(SCC(=O)NCC(C)C)n(C)c(=O)c1Cc1ccc(C(C)(C)C)cc1. The highest BCUT2D eigenvalue weighted by Gasteiger charge is 2.16. The van der Waals surface area contributed by atoms with E-state index in [0.717, 1.165) is 11.3 Å². The van der Waals surface area contributed by atoms with Gasteiger partial charge in [0.15, 0.2) is 5.16 Å². The second-order valence-corrected chi connectivity index (χ2v) is 9.88. The van der Waals surface area contributed by atoms with Gasteiger partial charge in [0, 0.05) is 31.3 Å². The maximum absolute atomic E-state index is 12.9. The highest BCUT2D eigenvalue weighted by atomic mass is 32.2. The second-order valence-electron chi connectivity index (χ2n) is 8.93. The summed E-state index contributed by atoms with van der Waals surface area (Å²) >= 11 is 1.29. The van der Waals surface area contributed by atoms with Crippen LogP contribution >= 0.6 is 11.8 Å². The predicted molar refractivity (Wildman–Crippen MR) is 121 cm³/mol. The zero-order chi connectivity index (χ0) is 21.8. The first kappa shape index (κ1) is 23.2. The van der Waals surface area contributed by atoms with E-state index < -0.39 is 0 Å². The Kier molecular flexibility index (Phi) is 7.69. The van der Waals surface area contributed by atoms with E-state index in [-0.39, 0.29) is 22.6 Å². The first-order valence-corrected chi connectivity index (χ1v) is 11.0. The Balaban J connectivity index is 2.14. The smallest absolute Gasteiger partial charge is 0.257 e. The van der Waals surface area contributed by atoms with Gasteiger partial charge in [-0.15, -0.1) is 0 Å². The van der Waals surface area contributed by atoms with Crippen LogP contribution in [0, 0.1) is 12.8 Å². The number of carbonyl (C=O) groups excluding carboxylic acids is 1. The molecule has 0 aliphatic heterocycles. The Morgan fingerprint density at radius 1 is 1.21 bits per heavy atom. The van der Waals surface area contributed by atoms with Crippen molar-refractivity contribution in [2.75, 3.05) is 12.3 Å². The van der Waals surface area contributed by atoms with Crippen LogP contribution in [-0.2, 0) is 23.7 Å². The summed E-state index contributed by atoms with van der Waals surface area (Å²) in [5.74, 6) is 0.615. The van der Waals surface area contributed by atoms with E-state index in [4.69, 9.17) is 0 Å². The van der Waals surface area contributed by atoms with Crippen LogP contribution in [0.3, 0.4) is 0 Å². The number of aryl methyl sites for hydroxylation is 1. The lowest BCUT2D eigenvalue weighted by molar-refractivity contribution is -0.118. The largest absolute Gasteiger partial charge is 0.355 e. The third kappa shape index (κ3) is 6.46. The molecule has 0 bridgehead atoms. The van der Waals surface area contributed by atoms with Crippen molar-refractivity contribution in [2.24, 2.45) is 13.0 Å². The van der Waals surface area contributed by atoms with Gasteiger partial charge in [-0.1, -0.05) is 70.6 Å². The lowest BCUT2D eigenvalue weighted by Crippen LogP contribution is -2.30. The summed E-state index contributed by atoms with van der Waals surface area (Å²) in [5.41, 5.74) is 3.83. The van der Waals surface area contributed by atoms with Gasteiger partial charge in [0.1, 0.15) is 0 Å². The number of aromatic nitrogens is 2. The molecule has 0 unspecified atom stereocenters. The maximum atomic E-state index is 12.9. The predicted octanol–water partition coefficient (Wildman–Crippen LogP) is 3.84. The molecule has 0 saturated heterocycles. The summed E-state index contributed by atoms with van der Waals surface area (Å²) < 4.78 is 1.55. The maximum Gasteiger partial charge on any atom is 0.257 e. The van der Waals surface area contributed by atoms with Crippen LogP contribution in [0.4, 0.5) is 0 Å². The normalized spacial score (nSPS) is 11.7. The van der Waals surface area contributed by atoms with Crippen molar-refractivity contribution < 1.29 is 4.79 Å². The summed E-state index contributed by atoms with van der Waals surface area (Å²) in [4.78, 5) is 29.5. The topological polar surface area (TPSA) is 64.0 Å². The van der Waals surface area contributed by atoms with Crippen molar-refractivity contribution in [1.29, 1.82) is 0 Å². The summed E-state index contributed by atoms with van der Waals surface area (Å²) in [6.07, 6.45) is 0.551. The molecule has 0 saturated carbocycles. The Morgan fingerprint density at radius 2 is 1.83 bits per heavy atom. The van der Waals surface area contributed by atoms with E-state index in [1.165, 1.54) is 17.3 Å². The van der Waals surface area contributed by atoms with Crippen molar-refractivity contribution in [3.63, 3.8) is 0 Å². The summed E-state index contributed by atoms with van der Waals surface area (Å²) in [6.45, 7) is 13.2. The fourth-order valence-electron chi connectivity index (χ4n) is 2.89. The number of carbonyl (C=O) groups is 1. The number of hydrogen-bond acceptors (Lipinski definition) is 4. The summed E-state index contributed by atoms with van der Waals surface area (Å²) in [7, 11) is 1.72. The quantitative estimate of drug-likeness (QED) is 0.551. The van der Waals surface area contributed by atoms with E-state index in [1.54, 1.807) is 11.6 Å². The Morgan fingerprint density at radius 3 is 2.38 bits per heavy atom. The molecule has 0 aliphatic rings. The van der Waals surface area contributed by atoms with Crippen LogP contribution in [0.25, 0.3) is 0 Å². The zero-order valence-corrected chi connectivity index (χ0v) is 19.4. The minimum absolute atomic E-state index is 0.0429.